The highest BCUT2D eigenvalue weighted by Gasteiger charge is 2.67. The van der Waals surface area contributed by atoms with Crippen LogP contribution in [0, 0.1) is 23.7 Å². The van der Waals surface area contributed by atoms with E-state index in [2.05, 4.69) is 19.9 Å². The van der Waals surface area contributed by atoms with E-state index in [-0.39, 0.29) is 11.8 Å². The second-order valence-corrected chi connectivity index (χ2v) is 9.76. The number of rotatable bonds is 5. The first-order valence-corrected chi connectivity index (χ1v) is 10.8. The first kappa shape index (κ1) is 18.4. The molecule has 1 N–H and O–H groups in total. The Bertz CT molecular complexity index is 900. The Balaban J connectivity index is 1.12. The van der Waals surface area contributed by atoms with Crippen molar-refractivity contribution in [1.29, 1.82) is 0 Å². The Kier molecular flexibility index (Phi) is 4.20. The van der Waals surface area contributed by atoms with Crippen molar-refractivity contribution in [2.45, 2.75) is 25.1 Å². The number of alkyl halides is 3. The van der Waals surface area contributed by atoms with Gasteiger partial charge in [0.05, 0.1) is 22.3 Å². The zero-order valence-corrected chi connectivity index (χ0v) is 16.2. The fraction of sp³-hybridized carbons (Fsp3) is 0.667. The summed E-state index contributed by atoms with van der Waals surface area (Å²) >= 11 is 0. The van der Waals surface area contributed by atoms with Gasteiger partial charge >= 0.3 is 6.18 Å². The minimum Gasteiger partial charge on any atom is -0.356 e. The molecule has 3 fully saturated rings. The second-order valence-electron chi connectivity index (χ2n) is 8.27. The van der Waals surface area contributed by atoms with Gasteiger partial charge in [0.2, 0.25) is 0 Å². The molecule has 28 heavy (non-hydrogen) atoms. The summed E-state index contributed by atoms with van der Waals surface area (Å²) in [6.45, 7) is 0.647. The summed E-state index contributed by atoms with van der Waals surface area (Å²) in [5.74, 6) is -0.0815. The molecule has 6 nitrogen and oxygen atoms in total. The van der Waals surface area contributed by atoms with Crippen molar-refractivity contribution in [2.75, 3.05) is 30.8 Å². The van der Waals surface area contributed by atoms with Gasteiger partial charge in [-0.15, -0.1) is 0 Å². The van der Waals surface area contributed by atoms with Crippen LogP contribution in [0.1, 0.15) is 12.8 Å². The number of fused-ring (bicyclic) bond motifs is 2. The summed E-state index contributed by atoms with van der Waals surface area (Å²) in [6.07, 6.45) is 1.13. The number of anilines is 1. The van der Waals surface area contributed by atoms with Crippen molar-refractivity contribution in [2.24, 2.45) is 23.7 Å². The van der Waals surface area contributed by atoms with E-state index in [0.717, 1.165) is 29.7 Å². The Hall–Kier alpha value is -1.68. The van der Waals surface area contributed by atoms with Gasteiger partial charge in [-0.2, -0.15) is 13.2 Å². The Morgan fingerprint density at radius 2 is 2.00 bits per heavy atom. The number of hydrogen-bond acceptors (Lipinski definition) is 4. The number of nitrogens with one attached hydrogen (secondary N) is 1. The zero-order valence-electron chi connectivity index (χ0n) is 15.4. The second kappa shape index (κ2) is 6.41. The molecule has 1 saturated heterocycles. The third kappa shape index (κ3) is 3.01. The van der Waals surface area contributed by atoms with Crippen LogP contribution in [0.2, 0.25) is 0 Å². The minimum absolute atomic E-state index is 0.323. The molecule has 10 heteroatoms. The number of aromatic amines is 1. The molecule has 2 aliphatic carbocycles. The lowest BCUT2D eigenvalue weighted by Crippen LogP contribution is -2.46. The van der Waals surface area contributed by atoms with Crippen LogP contribution in [-0.2, 0) is 11.0 Å². The Morgan fingerprint density at radius 1 is 1.29 bits per heavy atom. The van der Waals surface area contributed by atoms with Gasteiger partial charge in [0.15, 0.2) is 0 Å². The van der Waals surface area contributed by atoms with E-state index < -0.39 is 23.1 Å². The SMILES string of the molecule is CN(c1ncnc2[nH]ccc12)C1CC(CS(=O)N2CC3C(C2)C3C(F)(F)F)C1. The molecule has 152 valence electrons. The maximum absolute atomic E-state index is 12.8. The molecule has 2 saturated carbocycles. The molecular weight excluding hydrogens is 391 g/mol. The van der Waals surface area contributed by atoms with Crippen molar-refractivity contribution in [1.82, 2.24) is 19.3 Å². The molecule has 0 bridgehead atoms. The maximum atomic E-state index is 12.8. The molecule has 3 unspecified atom stereocenters. The van der Waals surface area contributed by atoms with E-state index in [1.54, 1.807) is 10.6 Å². The highest BCUT2D eigenvalue weighted by atomic mass is 32.2. The van der Waals surface area contributed by atoms with Gasteiger partial charge in [-0.05, 0) is 36.7 Å². The first-order valence-electron chi connectivity index (χ1n) is 9.54. The Labute approximate surface area is 163 Å². The highest BCUT2D eigenvalue weighted by Crippen LogP contribution is 2.59. The van der Waals surface area contributed by atoms with Crippen LogP contribution < -0.4 is 4.90 Å². The molecule has 2 aromatic heterocycles. The summed E-state index contributed by atoms with van der Waals surface area (Å²) in [5.41, 5.74) is 0.804. The van der Waals surface area contributed by atoms with Crippen LogP contribution in [-0.4, -0.2) is 61.6 Å². The minimum atomic E-state index is -4.10. The van der Waals surface area contributed by atoms with E-state index in [0.29, 0.717) is 30.8 Å². The zero-order chi connectivity index (χ0) is 19.6. The monoisotopic (exact) mass is 413 g/mol. The van der Waals surface area contributed by atoms with Crippen LogP contribution in [0.15, 0.2) is 18.6 Å². The molecule has 2 aromatic rings. The van der Waals surface area contributed by atoms with E-state index in [1.807, 2.05) is 19.3 Å². The van der Waals surface area contributed by atoms with Gasteiger partial charge in [0, 0.05) is 38.1 Å². The lowest BCUT2D eigenvalue weighted by molar-refractivity contribution is -0.156. The van der Waals surface area contributed by atoms with E-state index >= 15 is 0 Å². The van der Waals surface area contributed by atoms with Gasteiger partial charge in [-0.3, -0.25) is 0 Å². The van der Waals surface area contributed by atoms with E-state index in [4.69, 9.17) is 0 Å². The molecule has 5 rings (SSSR count). The van der Waals surface area contributed by atoms with Crippen LogP contribution >= 0.6 is 0 Å². The van der Waals surface area contributed by atoms with Crippen molar-refractivity contribution in [3.8, 4) is 0 Å². The Morgan fingerprint density at radius 3 is 2.68 bits per heavy atom. The molecular formula is C18H22F3N5OS. The number of aromatic nitrogens is 3. The molecule has 3 atom stereocenters. The topological polar surface area (TPSA) is 65.1 Å². The molecule has 0 spiro atoms. The van der Waals surface area contributed by atoms with Crippen LogP contribution in [0.25, 0.3) is 11.0 Å². The average Bonchev–Trinajstić information content (AvgIpc) is 2.98. The number of nitrogens with zero attached hydrogens (tertiary/aromatic N) is 4. The molecule has 0 radical (unpaired) electrons. The fourth-order valence-electron chi connectivity index (χ4n) is 4.91. The molecule has 0 amide bonds. The van der Waals surface area contributed by atoms with Crippen molar-refractivity contribution >= 4 is 27.8 Å². The fourth-order valence-corrected chi connectivity index (χ4v) is 6.48. The van der Waals surface area contributed by atoms with Gasteiger partial charge in [-0.1, -0.05) is 0 Å². The first-order chi connectivity index (χ1) is 13.3. The van der Waals surface area contributed by atoms with Crippen LogP contribution in [0.4, 0.5) is 19.0 Å². The van der Waals surface area contributed by atoms with Gasteiger partial charge in [0.1, 0.15) is 17.8 Å². The third-order valence-electron chi connectivity index (χ3n) is 6.63. The molecule has 1 aliphatic heterocycles. The largest absolute Gasteiger partial charge is 0.392 e. The van der Waals surface area contributed by atoms with Crippen molar-refractivity contribution < 1.29 is 17.4 Å². The predicted octanol–water partition coefficient (Wildman–Crippen LogP) is 2.58. The standard InChI is InChI=1S/C18H22F3N5OS/c1-25(17-12-2-3-22-16(12)23-9-24-17)11-4-10(5-11)8-28(27)26-6-13-14(7-26)15(13)18(19,20)21/h2-3,9-11,13-15H,4-8H2,1H3,(H,22,23,24). The molecule has 3 heterocycles. The third-order valence-corrected chi connectivity index (χ3v) is 8.26. The van der Waals surface area contributed by atoms with Crippen molar-refractivity contribution in [3.05, 3.63) is 18.6 Å². The molecule has 3 aliphatic rings. The summed E-state index contributed by atoms with van der Waals surface area (Å²) in [7, 11) is 0.834. The summed E-state index contributed by atoms with van der Waals surface area (Å²) in [5, 5.41) is 0.979. The van der Waals surface area contributed by atoms with Gasteiger partial charge in [-0.25, -0.2) is 18.5 Å². The highest BCUT2D eigenvalue weighted by molar-refractivity contribution is 7.82. The maximum Gasteiger partial charge on any atom is 0.392 e. The number of hydrogen-bond donors (Lipinski definition) is 1. The average molecular weight is 413 g/mol. The van der Waals surface area contributed by atoms with Crippen LogP contribution in [0.3, 0.4) is 0 Å². The van der Waals surface area contributed by atoms with Gasteiger partial charge < -0.3 is 9.88 Å². The number of halogens is 3. The predicted molar refractivity (Wildman–Crippen MR) is 99.9 cm³/mol. The number of piperidine rings is 1. The van der Waals surface area contributed by atoms with Crippen LogP contribution in [0.5, 0.6) is 0 Å². The van der Waals surface area contributed by atoms with Crippen molar-refractivity contribution in [3.63, 3.8) is 0 Å². The quantitative estimate of drug-likeness (QED) is 0.818. The van der Waals surface area contributed by atoms with Gasteiger partial charge in [0.25, 0.3) is 0 Å². The summed E-state index contributed by atoms with van der Waals surface area (Å²) in [4.78, 5) is 13.8. The molecule has 0 aromatic carbocycles. The lowest BCUT2D eigenvalue weighted by Gasteiger charge is -2.42. The smallest absolute Gasteiger partial charge is 0.356 e. The summed E-state index contributed by atoms with van der Waals surface area (Å²) < 4.78 is 52.7. The van der Waals surface area contributed by atoms with E-state index in [1.165, 1.54) is 0 Å². The van der Waals surface area contributed by atoms with E-state index in [9.17, 15) is 17.4 Å². The summed E-state index contributed by atoms with van der Waals surface area (Å²) in [6, 6.07) is 2.29. The normalized spacial score (nSPS) is 33.5. The number of H-pyrrole nitrogens is 1. The lowest BCUT2D eigenvalue weighted by atomic mass is 9.81.